The first-order valence-electron chi connectivity index (χ1n) is 7.46. The quantitative estimate of drug-likeness (QED) is 0.616. The van der Waals surface area contributed by atoms with Crippen molar-refractivity contribution >= 4 is 33.8 Å². The highest BCUT2D eigenvalue weighted by atomic mass is 16.4. The van der Waals surface area contributed by atoms with Gasteiger partial charge in [-0.25, -0.2) is 9.59 Å². The molecule has 0 saturated heterocycles. The molecule has 1 aromatic carbocycles. The second kappa shape index (κ2) is 5.90. The highest BCUT2D eigenvalue weighted by molar-refractivity contribution is 6.01. The van der Waals surface area contributed by atoms with E-state index < -0.39 is 34.1 Å². The maximum absolute atomic E-state index is 12.4. The van der Waals surface area contributed by atoms with Gasteiger partial charge in [-0.1, -0.05) is 13.3 Å². The van der Waals surface area contributed by atoms with Crippen molar-refractivity contribution in [3.63, 3.8) is 0 Å². The van der Waals surface area contributed by atoms with E-state index in [0.717, 1.165) is 12.3 Å². The first-order valence-corrected chi connectivity index (χ1v) is 7.46. The number of fused-ring (bicyclic) bond motifs is 2. The molecule has 3 aromatic rings. The molecule has 3 rings (SSSR count). The lowest BCUT2D eigenvalue weighted by molar-refractivity contribution is 0.0660. The van der Waals surface area contributed by atoms with Crippen LogP contribution in [0.15, 0.2) is 32.3 Å². The minimum Gasteiger partial charge on any atom is -0.477 e. The minimum atomic E-state index is -1.38. The van der Waals surface area contributed by atoms with E-state index in [4.69, 9.17) is 14.6 Å². The Morgan fingerprint density at radius 2 is 1.84 bits per heavy atom. The first kappa shape index (κ1) is 16.4. The number of benzene rings is 1. The summed E-state index contributed by atoms with van der Waals surface area (Å²) in [7, 11) is 0. The number of hydrogen-bond acceptors (Lipinski definition) is 5. The summed E-state index contributed by atoms with van der Waals surface area (Å²) in [6, 6.07) is 2.08. The molecule has 0 bridgehead atoms. The number of aromatic nitrogens is 1. The second-order valence-corrected chi connectivity index (χ2v) is 5.52. The molecule has 2 heterocycles. The Balaban J connectivity index is 2.56. The summed E-state index contributed by atoms with van der Waals surface area (Å²) in [4.78, 5) is 49.8. The summed E-state index contributed by atoms with van der Waals surface area (Å²) in [5.41, 5.74) is -0.904. The molecule has 8 nitrogen and oxygen atoms in total. The number of aromatic carboxylic acids is 2. The normalized spacial score (nSPS) is 11.1. The number of H-pyrrole nitrogens is 1. The van der Waals surface area contributed by atoms with Gasteiger partial charge in [-0.15, -0.1) is 0 Å². The van der Waals surface area contributed by atoms with Crippen LogP contribution in [-0.2, 0) is 6.42 Å². The minimum absolute atomic E-state index is 0.0361. The smallest absolute Gasteiger partial charge is 0.371 e. The zero-order valence-electron chi connectivity index (χ0n) is 13.1. The van der Waals surface area contributed by atoms with E-state index in [9.17, 15) is 19.2 Å². The van der Waals surface area contributed by atoms with E-state index in [0.29, 0.717) is 23.9 Å². The van der Waals surface area contributed by atoms with Gasteiger partial charge in [0.15, 0.2) is 5.43 Å². The van der Waals surface area contributed by atoms with Gasteiger partial charge in [-0.2, -0.15) is 0 Å². The van der Waals surface area contributed by atoms with E-state index in [2.05, 4.69) is 4.98 Å². The van der Waals surface area contributed by atoms with Gasteiger partial charge in [0.05, 0.1) is 10.9 Å². The molecular weight excluding hydrogens is 330 g/mol. The lowest BCUT2D eigenvalue weighted by Crippen LogP contribution is -2.17. The second-order valence-electron chi connectivity index (χ2n) is 5.52. The van der Waals surface area contributed by atoms with Crippen LogP contribution in [0.3, 0.4) is 0 Å². The fourth-order valence-electron chi connectivity index (χ4n) is 2.81. The van der Waals surface area contributed by atoms with Crippen LogP contribution in [0, 0.1) is 0 Å². The van der Waals surface area contributed by atoms with Crippen LogP contribution in [0.25, 0.3) is 21.9 Å². The third kappa shape index (κ3) is 2.57. The molecule has 0 spiro atoms. The van der Waals surface area contributed by atoms with Gasteiger partial charge in [0.1, 0.15) is 11.1 Å². The molecule has 0 aliphatic rings. The van der Waals surface area contributed by atoms with Crippen molar-refractivity contribution in [3.8, 4) is 0 Å². The van der Waals surface area contributed by atoms with Gasteiger partial charge in [0.25, 0.3) is 0 Å². The number of carboxylic acids is 2. The number of carboxylic acid groups (broad SMARTS) is 2. The van der Waals surface area contributed by atoms with Crippen molar-refractivity contribution in [1.82, 2.24) is 4.98 Å². The Bertz CT molecular complexity index is 1150. The summed E-state index contributed by atoms with van der Waals surface area (Å²) >= 11 is 0. The summed E-state index contributed by atoms with van der Waals surface area (Å²) in [5, 5.41) is 18.3. The van der Waals surface area contributed by atoms with Crippen molar-refractivity contribution in [3.05, 3.63) is 55.7 Å². The molecule has 0 aliphatic heterocycles. The number of aryl methyl sites for hydroxylation is 1. The van der Waals surface area contributed by atoms with Crippen LogP contribution < -0.4 is 10.9 Å². The highest BCUT2D eigenvalue weighted by Crippen LogP contribution is 2.26. The number of nitrogens with one attached hydrogen (secondary N) is 1. The maximum atomic E-state index is 12.4. The van der Waals surface area contributed by atoms with Crippen LogP contribution in [0.2, 0.25) is 0 Å². The average molecular weight is 343 g/mol. The van der Waals surface area contributed by atoms with Crippen molar-refractivity contribution in [1.29, 1.82) is 0 Å². The first-order chi connectivity index (χ1) is 11.8. The van der Waals surface area contributed by atoms with Crippen LogP contribution in [0.5, 0.6) is 0 Å². The average Bonchev–Trinajstić information content (AvgIpc) is 2.55. The van der Waals surface area contributed by atoms with Crippen LogP contribution in [0.4, 0.5) is 0 Å². The zero-order valence-corrected chi connectivity index (χ0v) is 13.1. The highest BCUT2D eigenvalue weighted by Gasteiger charge is 2.19. The SMILES string of the molecule is CCCc1c2[nH]cc(C(=O)O)c(=O)c2cc2c(=O)cc(C(=O)O)oc12. The Morgan fingerprint density at radius 1 is 1.12 bits per heavy atom. The molecule has 2 aromatic heterocycles. The van der Waals surface area contributed by atoms with Crippen LogP contribution in [-0.4, -0.2) is 27.1 Å². The van der Waals surface area contributed by atoms with Gasteiger partial charge in [0.2, 0.25) is 11.2 Å². The summed E-state index contributed by atoms with van der Waals surface area (Å²) in [6.45, 7) is 1.87. The third-order valence-corrected chi connectivity index (χ3v) is 3.91. The van der Waals surface area contributed by atoms with E-state index in [1.165, 1.54) is 6.07 Å². The largest absolute Gasteiger partial charge is 0.477 e. The molecule has 8 heteroatoms. The van der Waals surface area contributed by atoms with Crippen molar-refractivity contribution in [2.75, 3.05) is 0 Å². The van der Waals surface area contributed by atoms with Crippen LogP contribution in [0.1, 0.15) is 39.8 Å². The van der Waals surface area contributed by atoms with Gasteiger partial charge < -0.3 is 19.6 Å². The van der Waals surface area contributed by atoms with Gasteiger partial charge in [-0.05, 0) is 12.5 Å². The molecular formula is C17H13NO7. The lowest BCUT2D eigenvalue weighted by atomic mass is 10.00. The molecule has 0 unspecified atom stereocenters. The summed E-state index contributed by atoms with van der Waals surface area (Å²) in [6.07, 6.45) is 2.12. The van der Waals surface area contributed by atoms with Crippen molar-refractivity contribution < 1.29 is 24.2 Å². The van der Waals surface area contributed by atoms with E-state index in [1.54, 1.807) is 0 Å². The zero-order chi connectivity index (χ0) is 18.3. The predicted octanol–water partition coefficient (Wildman–Crippen LogP) is 1.98. The molecule has 0 fully saturated rings. The fourth-order valence-corrected chi connectivity index (χ4v) is 2.81. The summed E-state index contributed by atoms with van der Waals surface area (Å²) in [5.74, 6) is -3.26. The van der Waals surface area contributed by atoms with Gasteiger partial charge in [-0.3, -0.25) is 9.59 Å². The summed E-state index contributed by atoms with van der Waals surface area (Å²) < 4.78 is 5.38. The molecule has 0 saturated carbocycles. The maximum Gasteiger partial charge on any atom is 0.371 e. The Morgan fingerprint density at radius 3 is 2.44 bits per heavy atom. The molecule has 128 valence electrons. The number of rotatable bonds is 4. The number of aromatic amines is 1. The van der Waals surface area contributed by atoms with Gasteiger partial charge in [0, 0.05) is 23.2 Å². The molecule has 25 heavy (non-hydrogen) atoms. The van der Waals surface area contributed by atoms with E-state index >= 15 is 0 Å². The van der Waals surface area contributed by atoms with Crippen molar-refractivity contribution in [2.45, 2.75) is 19.8 Å². The Kier molecular flexibility index (Phi) is 3.88. The lowest BCUT2D eigenvalue weighted by Gasteiger charge is -2.10. The van der Waals surface area contributed by atoms with Crippen molar-refractivity contribution in [2.24, 2.45) is 0 Å². The number of pyridine rings is 1. The Hall–Kier alpha value is -3.42. The molecule has 0 amide bonds. The molecule has 0 atom stereocenters. The van der Waals surface area contributed by atoms with E-state index in [-0.39, 0.29) is 16.4 Å². The molecule has 0 aliphatic carbocycles. The fraction of sp³-hybridized carbons (Fsp3) is 0.176. The molecule has 0 radical (unpaired) electrons. The van der Waals surface area contributed by atoms with Crippen LogP contribution >= 0.6 is 0 Å². The monoisotopic (exact) mass is 343 g/mol. The predicted molar refractivity (Wildman–Crippen MR) is 88.5 cm³/mol. The Labute approximate surface area is 139 Å². The standard InChI is InChI=1S/C17H13NO7/c1-2-3-7-13-9(14(20)10(6-18-13)16(21)22)4-8-11(19)5-12(17(23)24)25-15(7)8/h4-6H,2-3H2,1H3,(H,18,20)(H,21,22)(H,23,24). The molecule has 3 N–H and O–H groups in total. The van der Waals surface area contributed by atoms with Gasteiger partial charge >= 0.3 is 11.9 Å². The topological polar surface area (TPSA) is 138 Å². The van der Waals surface area contributed by atoms with E-state index in [1.807, 2.05) is 6.92 Å². The number of hydrogen-bond donors (Lipinski definition) is 3. The third-order valence-electron chi connectivity index (χ3n) is 3.91. The number of carbonyl (C=O) groups is 2.